The smallest absolute Gasteiger partial charge is 0.279 e. The molecule has 1 fully saturated rings. The molecule has 0 radical (unpaired) electrons. The number of hydrogen-bond acceptors (Lipinski definition) is 5. The van der Waals surface area contributed by atoms with E-state index >= 15 is 0 Å². The first kappa shape index (κ1) is 22.5. The number of nitrogens with zero attached hydrogens (tertiary/aromatic N) is 3. The second-order valence-electron chi connectivity index (χ2n) is 8.91. The summed E-state index contributed by atoms with van der Waals surface area (Å²) in [4.78, 5) is 30.3. The Bertz CT molecular complexity index is 1330. The summed E-state index contributed by atoms with van der Waals surface area (Å²) in [6.07, 6.45) is 2.34. The van der Waals surface area contributed by atoms with Gasteiger partial charge >= 0.3 is 0 Å². The van der Waals surface area contributed by atoms with E-state index in [0.717, 1.165) is 19.0 Å². The molecule has 2 aromatic heterocycles. The fraction of sp³-hybridized carbons (Fsp3) is 0.296. The number of amides is 1. The number of nitrogens with one attached hydrogen (secondary N) is 1. The summed E-state index contributed by atoms with van der Waals surface area (Å²) >= 11 is 1.72. The van der Waals surface area contributed by atoms with Gasteiger partial charge in [0, 0.05) is 16.8 Å². The fourth-order valence-corrected chi connectivity index (χ4v) is 5.47. The first-order valence-corrected chi connectivity index (χ1v) is 12.6. The highest BCUT2D eigenvalue weighted by Gasteiger charge is 2.26. The van der Waals surface area contributed by atoms with Crippen LogP contribution >= 0.6 is 11.3 Å². The lowest BCUT2D eigenvalue weighted by molar-refractivity contribution is 0.0910. The lowest BCUT2D eigenvalue weighted by atomic mass is 9.97. The van der Waals surface area contributed by atoms with Crippen molar-refractivity contribution in [1.29, 1.82) is 0 Å². The van der Waals surface area contributed by atoms with Crippen LogP contribution in [0.1, 0.15) is 41.2 Å². The predicted molar refractivity (Wildman–Crippen MR) is 137 cm³/mol. The van der Waals surface area contributed by atoms with Crippen LogP contribution in [0.5, 0.6) is 0 Å². The van der Waals surface area contributed by atoms with Crippen LogP contribution in [0.4, 0.5) is 0 Å². The molecule has 0 saturated carbocycles. The zero-order valence-electron chi connectivity index (χ0n) is 19.2. The SMILES string of the molecule is CC1CCN(C(CNC(=O)c2nn(-c3ccccc3)c(=O)c3ccccc23)c2cccs2)CC1. The highest BCUT2D eigenvalue weighted by Crippen LogP contribution is 2.29. The van der Waals surface area contributed by atoms with Crippen molar-refractivity contribution in [3.05, 3.63) is 93.0 Å². The number of hydrogen-bond donors (Lipinski definition) is 1. The average Bonchev–Trinajstić information content (AvgIpc) is 3.41. The van der Waals surface area contributed by atoms with E-state index in [2.05, 4.69) is 39.8 Å². The number of para-hydroxylation sites is 1. The van der Waals surface area contributed by atoms with Gasteiger partial charge in [-0.05, 0) is 61.5 Å². The lowest BCUT2D eigenvalue weighted by Crippen LogP contribution is -2.42. The van der Waals surface area contributed by atoms with Crippen LogP contribution in [0.2, 0.25) is 0 Å². The minimum absolute atomic E-state index is 0.128. The molecule has 4 aromatic rings. The summed E-state index contributed by atoms with van der Waals surface area (Å²) in [5, 5.41) is 10.8. The van der Waals surface area contributed by atoms with Gasteiger partial charge in [-0.15, -0.1) is 11.3 Å². The number of piperidine rings is 1. The standard InChI is InChI=1S/C27H28N4O2S/c1-19-13-15-30(16-14-19)23(24-12-7-17-34-24)18-28-26(32)25-21-10-5-6-11-22(21)27(33)31(29-25)20-8-3-2-4-9-20/h2-12,17,19,23H,13-16,18H2,1H3,(H,28,32). The quantitative estimate of drug-likeness (QED) is 0.444. The van der Waals surface area contributed by atoms with Crippen molar-refractivity contribution >= 4 is 28.0 Å². The zero-order chi connectivity index (χ0) is 23.5. The molecule has 34 heavy (non-hydrogen) atoms. The molecule has 1 aliphatic heterocycles. The first-order valence-electron chi connectivity index (χ1n) is 11.7. The normalized spacial score (nSPS) is 15.9. The summed E-state index contributed by atoms with van der Waals surface area (Å²) in [7, 11) is 0. The third-order valence-electron chi connectivity index (χ3n) is 6.61. The van der Waals surface area contributed by atoms with Crippen LogP contribution in [-0.4, -0.2) is 40.2 Å². The number of carbonyl (C=O) groups excluding carboxylic acids is 1. The van der Waals surface area contributed by atoms with Crippen LogP contribution < -0.4 is 10.9 Å². The molecule has 1 aliphatic rings. The maximum atomic E-state index is 13.5. The third-order valence-corrected chi connectivity index (χ3v) is 7.58. The van der Waals surface area contributed by atoms with Crippen molar-refractivity contribution in [3.8, 4) is 5.69 Å². The van der Waals surface area contributed by atoms with E-state index < -0.39 is 0 Å². The van der Waals surface area contributed by atoms with Gasteiger partial charge in [0.15, 0.2) is 5.69 Å². The van der Waals surface area contributed by atoms with Crippen molar-refractivity contribution in [2.24, 2.45) is 5.92 Å². The van der Waals surface area contributed by atoms with Gasteiger partial charge in [0.1, 0.15) is 0 Å². The number of carbonyl (C=O) groups is 1. The van der Waals surface area contributed by atoms with Gasteiger partial charge in [-0.25, -0.2) is 0 Å². The molecule has 3 heterocycles. The first-order chi connectivity index (χ1) is 16.6. The Morgan fingerprint density at radius 2 is 1.74 bits per heavy atom. The summed E-state index contributed by atoms with van der Waals surface area (Å²) in [6, 6.07) is 20.7. The van der Waals surface area contributed by atoms with E-state index in [9.17, 15) is 9.59 Å². The molecule has 1 unspecified atom stereocenters. The van der Waals surface area contributed by atoms with Gasteiger partial charge in [-0.3, -0.25) is 14.5 Å². The molecule has 174 valence electrons. The Hall–Kier alpha value is -3.29. The molecule has 0 aliphatic carbocycles. The molecule has 1 amide bonds. The number of rotatable bonds is 6. The second-order valence-corrected chi connectivity index (χ2v) is 9.89. The van der Waals surface area contributed by atoms with E-state index in [-0.39, 0.29) is 23.2 Å². The Kier molecular flexibility index (Phi) is 6.56. The molecule has 2 aromatic carbocycles. The average molecular weight is 473 g/mol. The summed E-state index contributed by atoms with van der Waals surface area (Å²) < 4.78 is 1.32. The van der Waals surface area contributed by atoms with Gasteiger partial charge in [-0.2, -0.15) is 9.78 Å². The molecule has 5 rings (SSSR count). The minimum atomic E-state index is -0.271. The van der Waals surface area contributed by atoms with E-state index in [1.54, 1.807) is 23.5 Å². The molecule has 0 spiro atoms. The zero-order valence-corrected chi connectivity index (χ0v) is 20.0. The molecule has 7 heteroatoms. The van der Waals surface area contributed by atoms with E-state index in [0.29, 0.717) is 23.0 Å². The highest BCUT2D eigenvalue weighted by molar-refractivity contribution is 7.10. The van der Waals surface area contributed by atoms with Crippen molar-refractivity contribution in [3.63, 3.8) is 0 Å². The van der Waals surface area contributed by atoms with Gasteiger partial charge in [0.25, 0.3) is 11.5 Å². The molecular formula is C27H28N4O2S. The van der Waals surface area contributed by atoms with Crippen LogP contribution in [0.15, 0.2) is 76.9 Å². The van der Waals surface area contributed by atoms with Crippen molar-refractivity contribution in [2.75, 3.05) is 19.6 Å². The molecule has 1 N–H and O–H groups in total. The van der Waals surface area contributed by atoms with Crippen molar-refractivity contribution in [1.82, 2.24) is 20.0 Å². The number of likely N-dealkylation sites (tertiary alicyclic amines) is 1. The summed E-state index contributed by atoms with van der Waals surface area (Å²) in [5.74, 6) is 0.470. The van der Waals surface area contributed by atoms with Crippen LogP contribution in [0.3, 0.4) is 0 Å². The third kappa shape index (κ3) is 4.54. The minimum Gasteiger partial charge on any atom is -0.349 e. The molecular weight excluding hydrogens is 444 g/mol. The van der Waals surface area contributed by atoms with Gasteiger partial charge in [-0.1, -0.05) is 49.4 Å². The lowest BCUT2D eigenvalue weighted by Gasteiger charge is -2.36. The second kappa shape index (κ2) is 9.91. The summed E-state index contributed by atoms with van der Waals surface area (Å²) in [6.45, 7) is 4.85. The fourth-order valence-electron chi connectivity index (χ4n) is 4.61. The topological polar surface area (TPSA) is 67.2 Å². The van der Waals surface area contributed by atoms with Crippen molar-refractivity contribution < 1.29 is 4.79 Å². The molecule has 1 saturated heterocycles. The van der Waals surface area contributed by atoms with Gasteiger partial charge in [0.05, 0.1) is 17.1 Å². The summed E-state index contributed by atoms with van der Waals surface area (Å²) in [5.41, 5.74) is 0.652. The molecule has 1 atom stereocenters. The number of aromatic nitrogens is 2. The van der Waals surface area contributed by atoms with Gasteiger partial charge in [0.2, 0.25) is 0 Å². The molecule has 6 nitrogen and oxygen atoms in total. The highest BCUT2D eigenvalue weighted by atomic mass is 32.1. The van der Waals surface area contributed by atoms with E-state index in [1.807, 2.05) is 42.5 Å². The maximum Gasteiger partial charge on any atom is 0.279 e. The Morgan fingerprint density at radius 1 is 1.03 bits per heavy atom. The number of fused-ring (bicyclic) bond motifs is 1. The number of benzene rings is 2. The van der Waals surface area contributed by atoms with Crippen molar-refractivity contribution in [2.45, 2.75) is 25.8 Å². The number of thiophene rings is 1. The largest absolute Gasteiger partial charge is 0.349 e. The Balaban J connectivity index is 1.46. The van der Waals surface area contributed by atoms with Crippen LogP contribution in [-0.2, 0) is 0 Å². The Morgan fingerprint density at radius 3 is 2.44 bits per heavy atom. The van der Waals surface area contributed by atoms with Gasteiger partial charge < -0.3 is 5.32 Å². The van der Waals surface area contributed by atoms with Crippen LogP contribution in [0.25, 0.3) is 16.5 Å². The predicted octanol–water partition coefficient (Wildman–Crippen LogP) is 4.65. The van der Waals surface area contributed by atoms with E-state index in [4.69, 9.17) is 0 Å². The van der Waals surface area contributed by atoms with E-state index in [1.165, 1.54) is 22.4 Å². The maximum absolute atomic E-state index is 13.5. The molecule has 0 bridgehead atoms. The Labute approximate surface area is 202 Å². The monoisotopic (exact) mass is 472 g/mol. The van der Waals surface area contributed by atoms with Crippen LogP contribution in [0, 0.1) is 5.92 Å².